The van der Waals surface area contributed by atoms with Crippen molar-refractivity contribution < 1.29 is 0 Å². The van der Waals surface area contributed by atoms with Crippen molar-refractivity contribution in [3.05, 3.63) is 60.2 Å². The van der Waals surface area contributed by atoms with Crippen molar-refractivity contribution in [2.75, 3.05) is 5.32 Å². The highest BCUT2D eigenvalue weighted by molar-refractivity contribution is 5.63. The maximum atomic E-state index is 3.77. The number of hydrogen-bond acceptors (Lipinski definition) is 4. The van der Waals surface area contributed by atoms with E-state index in [1.807, 2.05) is 18.2 Å². The minimum atomic E-state index is 0.576. The second kappa shape index (κ2) is 5.30. The summed E-state index contributed by atoms with van der Waals surface area (Å²) < 4.78 is 0. The molecule has 0 radical (unpaired) electrons. The van der Waals surface area contributed by atoms with Crippen LogP contribution in [0.3, 0.4) is 0 Å². The topological polar surface area (TPSA) is 66.5 Å². The maximum Gasteiger partial charge on any atom is 0.240 e. The molecule has 0 unspecified atom stereocenters. The lowest BCUT2D eigenvalue weighted by Gasteiger charge is -2.05. The number of rotatable bonds is 4. The molecule has 0 atom stereocenters. The molecule has 0 saturated heterocycles. The van der Waals surface area contributed by atoms with Crippen LogP contribution in [-0.2, 0) is 6.54 Å². The van der Waals surface area contributed by atoms with Crippen LogP contribution in [0.2, 0.25) is 0 Å². The predicted octanol–water partition coefficient (Wildman–Crippen LogP) is 2.48. The van der Waals surface area contributed by atoms with Crippen molar-refractivity contribution in [2.45, 2.75) is 6.54 Å². The predicted molar refractivity (Wildman–Crippen MR) is 73.4 cm³/mol. The molecule has 0 bridgehead atoms. The zero-order valence-corrected chi connectivity index (χ0v) is 10.2. The van der Waals surface area contributed by atoms with Crippen LogP contribution in [0, 0.1) is 0 Å². The van der Waals surface area contributed by atoms with E-state index in [-0.39, 0.29) is 0 Å². The lowest BCUT2D eigenvalue weighted by atomic mass is 10.0. The molecule has 94 valence electrons. The minimum Gasteiger partial charge on any atom is -0.349 e. The zero-order valence-electron chi connectivity index (χ0n) is 10.2. The second-order valence-electron chi connectivity index (χ2n) is 4.17. The molecule has 0 saturated carbocycles. The van der Waals surface area contributed by atoms with Gasteiger partial charge in [0, 0.05) is 6.54 Å². The highest BCUT2D eigenvalue weighted by atomic mass is 15.5. The van der Waals surface area contributed by atoms with Gasteiger partial charge in [-0.1, -0.05) is 59.7 Å². The van der Waals surface area contributed by atoms with E-state index in [0.717, 1.165) is 0 Å². The fourth-order valence-electron chi connectivity index (χ4n) is 1.87. The Hall–Kier alpha value is -2.69. The molecule has 0 amide bonds. The number of anilines is 1. The summed E-state index contributed by atoms with van der Waals surface area (Å²) in [6, 6.07) is 18.7. The van der Waals surface area contributed by atoms with E-state index in [2.05, 4.69) is 62.3 Å². The monoisotopic (exact) mass is 251 g/mol. The van der Waals surface area contributed by atoms with Gasteiger partial charge in [-0.05, 0) is 27.1 Å². The van der Waals surface area contributed by atoms with Crippen LogP contribution in [-0.4, -0.2) is 20.6 Å². The summed E-state index contributed by atoms with van der Waals surface area (Å²) in [6.45, 7) is 0.686. The van der Waals surface area contributed by atoms with Crippen molar-refractivity contribution in [3.8, 4) is 11.1 Å². The molecule has 3 rings (SSSR count). The fourth-order valence-corrected chi connectivity index (χ4v) is 1.87. The van der Waals surface area contributed by atoms with Gasteiger partial charge < -0.3 is 5.32 Å². The maximum absolute atomic E-state index is 3.77. The smallest absolute Gasteiger partial charge is 0.240 e. The van der Waals surface area contributed by atoms with E-state index in [1.54, 1.807) is 0 Å². The number of nitrogens with one attached hydrogen (secondary N) is 2. The second-order valence-corrected chi connectivity index (χ2v) is 4.17. The van der Waals surface area contributed by atoms with Gasteiger partial charge in [-0.25, -0.2) is 5.10 Å². The third-order valence-electron chi connectivity index (χ3n) is 2.87. The summed E-state index contributed by atoms with van der Waals surface area (Å²) >= 11 is 0. The van der Waals surface area contributed by atoms with Crippen molar-refractivity contribution >= 4 is 5.95 Å². The van der Waals surface area contributed by atoms with Gasteiger partial charge >= 0.3 is 0 Å². The molecule has 0 aliphatic carbocycles. The quantitative estimate of drug-likeness (QED) is 0.747. The van der Waals surface area contributed by atoms with E-state index in [0.29, 0.717) is 12.5 Å². The number of aromatic amines is 1. The highest BCUT2D eigenvalue weighted by Gasteiger charge is 1.99. The molecule has 0 fully saturated rings. The Morgan fingerprint density at radius 3 is 2.32 bits per heavy atom. The Morgan fingerprint density at radius 1 is 0.895 bits per heavy atom. The normalized spacial score (nSPS) is 10.3. The number of nitrogens with zero attached hydrogens (tertiary/aromatic N) is 3. The number of H-pyrrole nitrogens is 1. The molecular weight excluding hydrogens is 238 g/mol. The first-order chi connectivity index (χ1) is 9.42. The first-order valence-corrected chi connectivity index (χ1v) is 6.04. The van der Waals surface area contributed by atoms with Crippen LogP contribution in [0.15, 0.2) is 54.6 Å². The van der Waals surface area contributed by atoms with E-state index in [1.165, 1.54) is 16.7 Å². The zero-order chi connectivity index (χ0) is 12.9. The van der Waals surface area contributed by atoms with Gasteiger partial charge in [0.05, 0.1) is 0 Å². The average molecular weight is 251 g/mol. The van der Waals surface area contributed by atoms with Crippen LogP contribution >= 0.6 is 0 Å². The number of tetrazole rings is 1. The first-order valence-electron chi connectivity index (χ1n) is 6.04. The van der Waals surface area contributed by atoms with E-state index < -0.39 is 0 Å². The lowest BCUT2D eigenvalue weighted by Crippen LogP contribution is -2.00. The minimum absolute atomic E-state index is 0.576. The van der Waals surface area contributed by atoms with E-state index in [4.69, 9.17) is 0 Å². The molecule has 1 heterocycles. The standard InChI is InChI=1S/C14H13N5/c1-2-4-12(5-3-1)13-8-6-11(7-9-13)10-15-14-16-18-19-17-14/h1-9H,10H2,(H2,15,16,17,18,19). The molecule has 0 aliphatic rings. The van der Waals surface area contributed by atoms with Crippen molar-refractivity contribution in [2.24, 2.45) is 0 Å². The molecule has 0 aliphatic heterocycles. The van der Waals surface area contributed by atoms with Crippen LogP contribution in [0.5, 0.6) is 0 Å². The van der Waals surface area contributed by atoms with Crippen LogP contribution in [0.25, 0.3) is 11.1 Å². The third-order valence-corrected chi connectivity index (χ3v) is 2.87. The Kier molecular flexibility index (Phi) is 3.18. The molecule has 1 aromatic heterocycles. The van der Waals surface area contributed by atoms with E-state index >= 15 is 0 Å². The summed E-state index contributed by atoms with van der Waals surface area (Å²) in [7, 11) is 0. The average Bonchev–Trinajstić information content (AvgIpc) is 3.00. The van der Waals surface area contributed by atoms with Gasteiger partial charge in [0.25, 0.3) is 0 Å². The van der Waals surface area contributed by atoms with Gasteiger partial charge in [0.15, 0.2) is 0 Å². The molecule has 19 heavy (non-hydrogen) atoms. The molecular formula is C14H13N5. The Labute approximate surface area is 110 Å². The summed E-state index contributed by atoms with van der Waals surface area (Å²) in [6.07, 6.45) is 0. The van der Waals surface area contributed by atoms with Crippen molar-refractivity contribution in [1.82, 2.24) is 20.6 Å². The molecule has 2 N–H and O–H groups in total. The van der Waals surface area contributed by atoms with Crippen molar-refractivity contribution in [1.29, 1.82) is 0 Å². The van der Waals surface area contributed by atoms with E-state index in [9.17, 15) is 0 Å². The Morgan fingerprint density at radius 2 is 1.63 bits per heavy atom. The number of benzene rings is 2. The number of hydrogen-bond donors (Lipinski definition) is 2. The molecule has 5 heteroatoms. The van der Waals surface area contributed by atoms with Crippen molar-refractivity contribution in [3.63, 3.8) is 0 Å². The van der Waals surface area contributed by atoms with Gasteiger partial charge in [0.1, 0.15) is 0 Å². The number of aromatic nitrogens is 4. The SMILES string of the molecule is c1ccc(-c2ccc(CNc3nnn[nH]3)cc2)cc1. The lowest BCUT2D eigenvalue weighted by molar-refractivity contribution is 0.881. The molecule has 2 aromatic carbocycles. The fraction of sp³-hybridized carbons (Fsp3) is 0.0714. The summed E-state index contributed by atoms with van der Waals surface area (Å²) in [5, 5.41) is 16.5. The van der Waals surface area contributed by atoms with Gasteiger partial charge in [-0.2, -0.15) is 0 Å². The van der Waals surface area contributed by atoms with Crippen LogP contribution < -0.4 is 5.32 Å². The summed E-state index contributed by atoms with van der Waals surface area (Å²) in [5.74, 6) is 0.576. The third kappa shape index (κ3) is 2.77. The molecule has 0 spiro atoms. The molecule has 5 nitrogen and oxygen atoms in total. The Balaban J connectivity index is 1.69. The van der Waals surface area contributed by atoms with Gasteiger partial charge in [-0.3, -0.25) is 0 Å². The molecule has 3 aromatic rings. The van der Waals surface area contributed by atoms with Gasteiger partial charge in [0.2, 0.25) is 5.95 Å². The van der Waals surface area contributed by atoms with Crippen LogP contribution in [0.1, 0.15) is 5.56 Å². The Bertz CT molecular complexity index is 617. The summed E-state index contributed by atoms with van der Waals surface area (Å²) in [5.41, 5.74) is 3.61. The largest absolute Gasteiger partial charge is 0.349 e. The van der Waals surface area contributed by atoms with Crippen LogP contribution in [0.4, 0.5) is 5.95 Å². The first kappa shape index (κ1) is 11.4. The van der Waals surface area contributed by atoms with Gasteiger partial charge in [-0.15, -0.1) is 0 Å². The highest BCUT2D eigenvalue weighted by Crippen LogP contribution is 2.19. The summed E-state index contributed by atoms with van der Waals surface area (Å²) in [4.78, 5) is 0.